The molecule has 0 amide bonds. The SMILES string of the molecule is CCn1c(=O)[nH]c(=O)c2c1ncn2C.[K+]. The fourth-order valence-corrected chi connectivity index (χ4v) is 1.49. The molecule has 0 saturated heterocycles. The van der Waals surface area contributed by atoms with Crippen molar-refractivity contribution < 1.29 is 51.4 Å². The summed E-state index contributed by atoms with van der Waals surface area (Å²) in [4.78, 5) is 29.0. The van der Waals surface area contributed by atoms with E-state index >= 15 is 0 Å². The van der Waals surface area contributed by atoms with Crippen molar-refractivity contribution in [1.82, 2.24) is 19.1 Å². The molecule has 2 heterocycles. The Kier molecular flexibility index (Phi) is 4.07. The molecule has 7 heteroatoms. The third-order valence-electron chi connectivity index (χ3n) is 2.17. The Morgan fingerprint density at radius 2 is 2.13 bits per heavy atom. The molecule has 0 bridgehead atoms. The molecule has 0 aromatic carbocycles. The number of nitrogens with one attached hydrogen (secondary N) is 1. The summed E-state index contributed by atoms with van der Waals surface area (Å²) in [6, 6.07) is 0. The Labute approximate surface area is 128 Å². The van der Waals surface area contributed by atoms with Crippen LogP contribution in [0.3, 0.4) is 0 Å². The van der Waals surface area contributed by atoms with Crippen LogP contribution in [0.2, 0.25) is 0 Å². The van der Waals surface area contributed by atoms with Gasteiger partial charge in [-0.15, -0.1) is 0 Å². The second-order valence-corrected chi connectivity index (χ2v) is 3.03. The van der Waals surface area contributed by atoms with Gasteiger partial charge >= 0.3 is 57.1 Å². The van der Waals surface area contributed by atoms with Crippen LogP contribution in [0, 0.1) is 0 Å². The minimum atomic E-state index is -0.413. The quantitative estimate of drug-likeness (QED) is 0.518. The molecule has 0 saturated carbocycles. The van der Waals surface area contributed by atoms with E-state index in [0.29, 0.717) is 17.7 Å². The molecule has 0 aliphatic carbocycles. The van der Waals surface area contributed by atoms with E-state index in [-0.39, 0.29) is 51.4 Å². The molecular formula is C8H10KN4O2+. The van der Waals surface area contributed by atoms with Crippen LogP contribution in [0.4, 0.5) is 0 Å². The summed E-state index contributed by atoms with van der Waals surface area (Å²) in [5.74, 6) is 0. The van der Waals surface area contributed by atoms with Crippen LogP contribution in [0.15, 0.2) is 15.9 Å². The van der Waals surface area contributed by atoms with Crippen LogP contribution in [-0.2, 0) is 13.6 Å². The molecule has 0 aliphatic heterocycles. The first-order valence-electron chi connectivity index (χ1n) is 4.29. The standard InChI is InChI=1S/C8H10N4O2.K/c1-3-12-6-5(11(2)4-9-6)7(13)10-8(12)14;/h4H,3H2,1-2H3,(H,10,13,14);/q;+1. The predicted octanol–water partition coefficient (Wildman–Crippen LogP) is -3.55. The third kappa shape index (κ3) is 2.02. The Bertz CT molecular complexity index is 595. The number of aryl methyl sites for hydroxylation is 2. The maximum absolute atomic E-state index is 11.4. The van der Waals surface area contributed by atoms with Crippen molar-refractivity contribution in [2.75, 3.05) is 0 Å². The van der Waals surface area contributed by atoms with E-state index < -0.39 is 11.2 Å². The molecule has 0 unspecified atom stereocenters. The van der Waals surface area contributed by atoms with Gasteiger partial charge in [0.1, 0.15) is 0 Å². The van der Waals surface area contributed by atoms with Gasteiger partial charge in [-0.1, -0.05) is 0 Å². The maximum atomic E-state index is 11.4. The number of hydrogen-bond donors (Lipinski definition) is 1. The third-order valence-corrected chi connectivity index (χ3v) is 2.17. The monoisotopic (exact) mass is 233 g/mol. The van der Waals surface area contributed by atoms with Gasteiger partial charge in [0.25, 0.3) is 5.56 Å². The Hall–Kier alpha value is -0.214. The van der Waals surface area contributed by atoms with Crippen molar-refractivity contribution in [2.45, 2.75) is 13.5 Å². The van der Waals surface area contributed by atoms with Gasteiger partial charge in [0.05, 0.1) is 6.33 Å². The zero-order valence-electron chi connectivity index (χ0n) is 8.94. The molecule has 2 aromatic rings. The number of rotatable bonds is 1. The first-order valence-corrected chi connectivity index (χ1v) is 4.29. The summed E-state index contributed by atoms with van der Waals surface area (Å²) in [6.07, 6.45) is 1.52. The van der Waals surface area contributed by atoms with E-state index in [0.717, 1.165) is 0 Å². The molecule has 6 nitrogen and oxygen atoms in total. The van der Waals surface area contributed by atoms with Crippen molar-refractivity contribution in [3.8, 4) is 0 Å². The van der Waals surface area contributed by atoms with Crippen LogP contribution in [0.5, 0.6) is 0 Å². The first kappa shape index (κ1) is 12.9. The molecule has 0 aliphatic rings. The van der Waals surface area contributed by atoms with Gasteiger partial charge in [-0.3, -0.25) is 14.3 Å². The largest absolute Gasteiger partial charge is 1.00 e. The summed E-state index contributed by atoms with van der Waals surface area (Å²) in [5.41, 5.74) is 0.0496. The van der Waals surface area contributed by atoms with E-state index in [1.54, 1.807) is 11.6 Å². The van der Waals surface area contributed by atoms with Crippen LogP contribution < -0.4 is 62.6 Å². The topological polar surface area (TPSA) is 72.7 Å². The van der Waals surface area contributed by atoms with Crippen molar-refractivity contribution in [3.63, 3.8) is 0 Å². The van der Waals surface area contributed by atoms with E-state index in [2.05, 4.69) is 9.97 Å². The molecule has 15 heavy (non-hydrogen) atoms. The van der Waals surface area contributed by atoms with Crippen molar-refractivity contribution in [3.05, 3.63) is 27.2 Å². The number of fused-ring (bicyclic) bond motifs is 1. The number of hydrogen-bond acceptors (Lipinski definition) is 3. The fraction of sp³-hybridized carbons (Fsp3) is 0.375. The molecule has 0 radical (unpaired) electrons. The average Bonchev–Trinajstić information content (AvgIpc) is 2.49. The first-order chi connectivity index (χ1) is 6.65. The molecule has 0 spiro atoms. The molecule has 74 valence electrons. The van der Waals surface area contributed by atoms with Crippen LogP contribution >= 0.6 is 0 Å². The van der Waals surface area contributed by atoms with Crippen molar-refractivity contribution in [2.24, 2.45) is 7.05 Å². The second-order valence-electron chi connectivity index (χ2n) is 3.03. The fourth-order valence-electron chi connectivity index (χ4n) is 1.49. The maximum Gasteiger partial charge on any atom is 1.00 e. The van der Waals surface area contributed by atoms with E-state index in [9.17, 15) is 9.59 Å². The van der Waals surface area contributed by atoms with Gasteiger partial charge in [-0.2, -0.15) is 0 Å². The smallest absolute Gasteiger partial charge is 0.328 e. The van der Waals surface area contributed by atoms with Crippen LogP contribution in [0.25, 0.3) is 11.2 Å². The molecule has 2 aromatic heterocycles. The second kappa shape index (κ2) is 4.75. The van der Waals surface area contributed by atoms with Crippen molar-refractivity contribution in [1.29, 1.82) is 0 Å². The van der Waals surface area contributed by atoms with Gasteiger partial charge < -0.3 is 4.57 Å². The zero-order valence-corrected chi connectivity index (χ0v) is 12.1. The predicted molar refractivity (Wildman–Crippen MR) is 51.3 cm³/mol. The average molecular weight is 233 g/mol. The van der Waals surface area contributed by atoms with Crippen molar-refractivity contribution >= 4 is 11.2 Å². The summed E-state index contributed by atoms with van der Waals surface area (Å²) in [7, 11) is 1.72. The molecule has 0 fully saturated rings. The van der Waals surface area contributed by atoms with Gasteiger partial charge in [0, 0.05) is 13.6 Å². The number of nitrogens with zero attached hydrogens (tertiary/aromatic N) is 3. The zero-order chi connectivity index (χ0) is 10.3. The molecule has 1 N–H and O–H groups in total. The van der Waals surface area contributed by atoms with E-state index in [4.69, 9.17) is 0 Å². The normalized spacial score (nSPS) is 10.3. The van der Waals surface area contributed by atoms with Crippen LogP contribution in [-0.4, -0.2) is 19.1 Å². The van der Waals surface area contributed by atoms with Gasteiger partial charge in [0.15, 0.2) is 11.2 Å². The van der Waals surface area contributed by atoms with E-state index in [1.807, 2.05) is 6.92 Å². The summed E-state index contributed by atoms with van der Waals surface area (Å²) < 4.78 is 3.02. The summed E-state index contributed by atoms with van der Waals surface area (Å²) >= 11 is 0. The molecular weight excluding hydrogens is 223 g/mol. The Balaban J connectivity index is 0.00000112. The van der Waals surface area contributed by atoms with Crippen LogP contribution in [0.1, 0.15) is 6.92 Å². The summed E-state index contributed by atoms with van der Waals surface area (Å²) in [6.45, 7) is 2.32. The Morgan fingerprint density at radius 3 is 2.73 bits per heavy atom. The molecule has 2 rings (SSSR count). The number of aromatic amines is 1. The van der Waals surface area contributed by atoms with Gasteiger partial charge in [0.2, 0.25) is 0 Å². The minimum absolute atomic E-state index is 0. The minimum Gasteiger partial charge on any atom is -0.328 e. The Morgan fingerprint density at radius 1 is 1.47 bits per heavy atom. The van der Waals surface area contributed by atoms with E-state index in [1.165, 1.54) is 10.9 Å². The number of H-pyrrole nitrogens is 1. The van der Waals surface area contributed by atoms with Gasteiger partial charge in [-0.05, 0) is 6.92 Å². The van der Waals surface area contributed by atoms with Gasteiger partial charge in [-0.25, -0.2) is 9.78 Å². The summed E-state index contributed by atoms with van der Waals surface area (Å²) in [5, 5.41) is 0. The molecule has 0 atom stereocenters. The number of imidazole rings is 1. The number of aromatic nitrogens is 4.